The van der Waals surface area contributed by atoms with Crippen LogP contribution in [0, 0.1) is 0 Å². The topological polar surface area (TPSA) is 60.9 Å². The predicted molar refractivity (Wildman–Crippen MR) is 74.1 cm³/mol. The number of carbonyl (C=O) groups excluding carboxylic acids is 1. The van der Waals surface area contributed by atoms with Crippen molar-refractivity contribution in [3.05, 3.63) is 0 Å². The highest BCUT2D eigenvalue weighted by Crippen LogP contribution is 2.24. The molecule has 5 nitrogen and oxygen atoms in total. The van der Waals surface area contributed by atoms with E-state index < -0.39 is 11.5 Å². The number of hydrogen-bond acceptors (Lipinski definition) is 2. The molecule has 1 N–H and O–H groups in total. The van der Waals surface area contributed by atoms with Crippen molar-refractivity contribution in [3.8, 4) is 0 Å². The SMILES string of the molecule is CCN(C(=O)N(C)C1CCCCC1)C(C)(C)C(=O)O. The quantitative estimate of drug-likeness (QED) is 0.854. The van der Waals surface area contributed by atoms with Gasteiger partial charge in [0.1, 0.15) is 5.54 Å². The summed E-state index contributed by atoms with van der Waals surface area (Å²) in [7, 11) is 1.79. The summed E-state index contributed by atoms with van der Waals surface area (Å²) in [5, 5.41) is 9.27. The van der Waals surface area contributed by atoms with Crippen LogP contribution < -0.4 is 0 Å². The van der Waals surface area contributed by atoms with E-state index in [9.17, 15) is 14.7 Å². The number of aliphatic carboxylic acids is 1. The lowest BCUT2D eigenvalue weighted by molar-refractivity contribution is -0.147. The second kappa shape index (κ2) is 6.26. The van der Waals surface area contributed by atoms with Crippen LogP contribution in [0.2, 0.25) is 0 Å². The molecule has 0 aromatic rings. The Morgan fingerprint density at radius 2 is 1.74 bits per heavy atom. The fourth-order valence-electron chi connectivity index (χ4n) is 2.70. The molecule has 1 aliphatic carbocycles. The van der Waals surface area contributed by atoms with E-state index in [-0.39, 0.29) is 12.1 Å². The van der Waals surface area contributed by atoms with E-state index in [0.29, 0.717) is 6.54 Å². The van der Waals surface area contributed by atoms with Gasteiger partial charge in [-0.25, -0.2) is 9.59 Å². The number of carbonyl (C=O) groups is 2. The average molecular weight is 270 g/mol. The molecule has 0 spiro atoms. The fraction of sp³-hybridized carbons (Fsp3) is 0.857. The van der Waals surface area contributed by atoms with E-state index >= 15 is 0 Å². The Labute approximate surface area is 115 Å². The summed E-state index contributed by atoms with van der Waals surface area (Å²) in [5.74, 6) is -0.972. The van der Waals surface area contributed by atoms with Gasteiger partial charge in [0, 0.05) is 19.6 Å². The third kappa shape index (κ3) is 3.39. The number of nitrogens with zero attached hydrogens (tertiary/aromatic N) is 2. The average Bonchev–Trinajstić information content (AvgIpc) is 2.39. The molecule has 2 amide bonds. The first-order valence-corrected chi connectivity index (χ1v) is 7.10. The van der Waals surface area contributed by atoms with Crippen LogP contribution >= 0.6 is 0 Å². The van der Waals surface area contributed by atoms with Gasteiger partial charge in [0.2, 0.25) is 0 Å². The summed E-state index contributed by atoms with van der Waals surface area (Å²) >= 11 is 0. The van der Waals surface area contributed by atoms with E-state index in [1.807, 2.05) is 6.92 Å². The Bertz CT molecular complexity index is 336. The first-order chi connectivity index (χ1) is 8.82. The molecule has 0 saturated heterocycles. The number of likely N-dealkylation sites (N-methyl/N-ethyl adjacent to an activating group) is 1. The molecule has 0 heterocycles. The van der Waals surface area contributed by atoms with Crippen molar-refractivity contribution >= 4 is 12.0 Å². The third-order valence-electron chi connectivity index (χ3n) is 4.17. The zero-order chi connectivity index (χ0) is 14.6. The van der Waals surface area contributed by atoms with Gasteiger partial charge in [-0.15, -0.1) is 0 Å². The number of urea groups is 1. The molecule has 1 fully saturated rings. The maximum Gasteiger partial charge on any atom is 0.329 e. The Hall–Kier alpha value is -1.26. The third-order valence-corrected chi connectivity index (χ3v) is 4.17. The summed E-state index contributed by atoms with van der Waals surface area (Å²) in [4.78, 5) is 27.0. The van der Waals surface area contributed by atoms with Gasteiger partial charge < -0.3 is 14.9 Å². The summed E-state index contributed by atoms with van der Waals surface area (Å²) in [6.45, 7) is 5.36. The molecule has 0 atom stereocenters. The molecule has 5 heteroatoms. The number of hydrogen-bond donors (Lipinski definition) is 1. The van der Waals surface area contributed by atoms with E-state index in [4.69, 9.17) is 0 Å². The molecule has 1 saturated carbocycles. The number of carboxylic acid groups (broad SMARTS) is 1. The summed E-state index contributed by atoms with van der Waals surface area (Å²) in [6.07, 6.45) is 5.57. The molecule has 0 aromatic carbocycles. The first kappa shape index (κ1) is 15.8. The lowest BCUT2D eigenvalue weighted by Crippen LogP contribution is -2.57. The highest BCUT2D eigenvalue weighted by atomic mass is 16.4. The van der Waals surface area contributed by atoms with Crippen LogP contribution in [-0.2, 0) is 4.79 Å². The molecule has 0 aliphatic heterocycles. The number of amides is 2. The summed E-state index contributed by atoms with van der Waals surface area (Å²) < 4.78 is 0. The highest BCUT2D eigenvalue weighted by Gasteiger charge is 2.39. The molecule has 110 valence electrons. The van der Waals surface area contributed by atoms with Gasteiger partial charge >= 0.3 is 12.0 Å². The minimum Gasteiger partial charge on any atom is -0.480 e. The van der Waals surface area contributed by atoms with Crippen molar-refractivity contribution in [1.29, 1.82) is 0 Å². The predicted octanol–water partition coefficient (Wildman–Crippen LogP) is 2.56. The maximum absolute atomic E-state index is 12.5. The maximum atomic E-state index is 12.5. The van der Waals surface area contributed by atoms with Crippen molar-refractivity contribution in [2.24, 2.45) is 0 Å². The summed E-state index contributed by atoms with van der Waals surface area (Å²) in [6, 6.07) is 0.0710. The van der Waals surface area contributed by atoms with Crippen molar-refractivity contribution in [2.75, 3.05) is 13.6 Å². The normalized spacial score (nSPS) is 17.1. The Morgan fingerprint density at radius 1 is 1.21 bits per heavy atom. The minimum atomic E-state index is -1.17. The van der Waals surface area contributed by atoms with Crippen molar-refractivity contribution in [2.45, 2.75) is 64.5 Å². The van der Waals surface area contributed by atoms with Gasteiger partial charge in [-0.3, -0.25) is 0 Å². The van der Waals surface area contributed by atoms with Crippen LogP contribution in [0.3, 0.4) is 0 Å². The molecule has 0 radical (unpaired) electrons. The first-order valence-electron chi connectivity index (χ1n) is 7.10. The zero-order valence-electron chi connectivity index (χ0n) is 12.5. The minimum absolute atomic E-state index is 0.179. The van der Waals surface area contributed by atoms with Crippen LogP contribution in [0.25, 0.3) is 0 Å². The standard InChI is InChI=1S/C14H26N2O3/c1-5-16(14(2,3)12(17)18)13(19)15(4)11-9-7-6-8-10-11/h11H,5-10H2,1-4H3,(H,17,18). The largest absolute Gasteiger partial charge is 0.480 e. The van der Waals surface area contributed by atoms with Crippen LogP contribution in [0.4, 0.5) is 4.79 Å². The Kier molecular flexibility index (Phi) is 5.20. The fourth-order valence-corrected chi connectivity index (χ4v) is 2.70. The van der Waals surface area contributed by atoms with Gasteiger partial charge in [-0.1, -0.05) is 19.3 Å². The molecule has 19 heavy (non-hydrogen) atoms. The molecule has 1 rings (SSSR count). The molecule has 1 aliphatic rings. The number of rotatable bonds is 4. The highest BCUT2D eigenvalue weighted by molar-refractivity contribution is 5.85. The van der Waals surface area contributed by atoms with Gasteiger partial charge in [0.05, 0.1) is 0 Å². The van der Waals surface area contributed by atoms with Gasteiger partial charge in [-0.05, 0) is 33.6 Å². The van der Waals surface area contributed by atoms with E-state index in [0.717, 1.165) is 25.7 Å². The van der Waals surface area contributed by atoms with Crippen molar-refractivity contribution in [1.82, 2.24) is 9.80 Å². The lowest BCUT2D eigenvalue weighted by atomic mass is 9.94. The van der Waals surface area contributed by atoms with Gasteiger partial charge in [0.15, 0.2) is 0 Å². The van der Waals surface area contributed by atoms with E-state index in [2.05, 4.69) is 0 Å². The lowest BCUT2D eigenvalue weighted by Gasteiger charge is -2.40. The molecular formula is C14H26N2O3. The van der Waals surface area contributed by atoms with Crippen LogP contribution in [0.1, 0.15) is 52.9 Å². The summed E-state index contributed by atoms with van der Waals surface area (Å²) in [5.41, 5.74) is -1.17. The van der Waals surface area contributed by atoms with E-state index in [1.165, 1.54) is 11.3 Å². The Balaban J connectivity index is 2.80. The van der Waals surface area contributed by atoms with Crippen molar-refractivity contribution < 1.29 is 14.7 Å². The van der Waals surface area contributed by atoms with Crippen LogP contribution in [0.15, 0.2) is 0 Å². The molecule has 0 aromatic heterocycles. The number of carboxylic acids is 1. The monoisotopic (exact) mass is 270 g/mol. The van der Waals surface area contributed by atoms with Crippen LogP contribution in [-0.4, -0.2) is 52.1 Å². The molecular weight excluding hydrogens is 244 g/mol. The van der Waals surface area contributed by atoms with Gasteiger partial charge in [0.25, 0.3) is 0 Å². The smallest absolute Gasteiger partial charge is 0.329 e. The van der Waals surface area contributed by atoms with E-state index in [1.54, 1.807) is 25.8 Å². The Morgan fingerprint density at radius 3 is 2.16 bits per heavy atom. The zero-order valence-corrected chi connectivity index (χ0v) is 12.5. The van der Waals surface area contributed by atoms with Crippen molar-refractivity contribution in [3.63, 3.8) is 0 Å². The molecule has 0 unspecified atom stereocenters. The van der Waals surface area contributed by atoms with Crippen LogP contribution in [0.5, 0.6) is 0 Å². The second-order valence-electron chi connectivity index (χ2n) is 5.79. The van der Waals surface area contributed by atoms with Gasteiger partial charge in [-0.2, -0.15) is 0 Å². The second-order valence-corrected chi connectivity index (χ2v) is 5.79. The molecule has 0 bridgehead atoms.